The standard InChI is InChI=1S/C16H21N5O/c1-20(2)9-4-5-12-11(6-9)14(19-18-12)16(22)15-13-7-10(8-17-13)21(15)3/h4-6,10,13,15,17H,7-8H2,1-3H3,(H,18,19)/t10-,13+,15?/m1/s1. The number of H-pyrrole nitrogens is 1. The Morgan fingerprint density at radius 2 is 2.23 bits per heavy atom. The van der Waals surface area contributed by atoms with Gasteiger partial charge in [-0.1, -0.05) is 0 Å². The number of benzene rings is 1. The number of carbonyl (C=O) groups is 1. The van der Waals surface area contributed by atoms with Gasteiger partial charge in [-0.3, -0.25) is 14.8 Å². The van der Waals surface area contributed by atoms with Crippen molar-refractivity contribution in [2.45, 2.75) is 24.5 Å². The largest absolute Gasteiger partial charge is 0.378 e. The SMILES string of the molecule is CN(C)c1ccc2[nH]nc(C(=O)C3[C@@H]4C[C@H](CN4)N3C)c2c1. The topological polar surface area (TPSA) is 64.3 Å². The van der Waals surface area contributed by atoms with Crippen molar-refractivity contribution >= 4 is 22.4 Å². The van der Waals surface area contributed by atoms with Crippen LogP contribution in [0.3, 0.4) is 0 Å². The smallest absolute Gasteiger partial charge is 0.202 e. The fraction of sp³-hybridized carbons (Fsp3) is 0.500. The van der Waals surface area contributed by atoms with E-state index in [4.69, 9.17) is 0 Å². The number of likely N-dealkylation sites (N-methyl/N-ethyl adjacent to an activating group) is 1. The van der Waals surface area contributed by atoms with Gasteiger partial charge in [-0.15, -0.1) is 0 Å². The second kappa shape index (κ2) is 4.79. The van der Waals surface area contributed by atoms with E-state index in [0.29, 0.717) is 11.7 Å². The molecule has 2 saturated heterocycles. The van der Waals surface area contributed by atoms with E-state index in [9.17, 15) is 4.79 Å². The molecular weight excluding hydrogens is 278 g/mol. The zero-order valence-electron chi connectivity index (χ0n) is 13.1. The minimum absolute atomic E-state index is 0.103. The highest BCUT2D eigenvalue weighted by molar-refractivity contribution is 6.09. The van der Waals surface area contributed by atoms with Crippen LogP contribution in [0.15, 0.2) is 18.2 Å². The van der Waals surface area contributed by atoms with Gasteiger partial charge in [0.15, 0.2) is 0 Å². The van der Waals surface area contributed by atoms with Gasteiger partial charge in [0.05, 0.1) is 11.6 Å². The summed E-state index contributed by atoms with van der Waals surface area (Å²) in [5.74, 6) is 0.115. The van der Waals surface area contributed by atoms with E-state index in [1.165, 1.54) is 0 Å². The number of nitrogens with one attached hydrogen (secondary N) is 2. The molecule has 1 aromatic carbocycles. The predicted octanol–water partition coefficient (Wildman–Crippen LogP) is 0.856. The molecule has 0 spiro atoms. The van der Waals surface area contributed by atoms with Gasteiger partial charge in [-0.05, 0) is 31.7 Å². The van der Waals surface area contributed by atoms with Crippen molar-refractivity contribution in [3.63, 3.8) is 0 Å². The molecule has 3 atom stereocenters. The molecule has 2 fully saturated rings. The highest BCUT2D eigenvalue weighted by Crippen LogP contribution is 2.31. The van der Waals surface area contributed by atoms with Crippen molar-refractivity contribution in [2.24, 2.45) is 0 Å². The summed E-state index contributed by atoms with van der Waals surface area (Å²) in [7, 11) is 6.04. The minimum Gasteiger partial charge on any atom is -0.378 e. The van der Waals surface area contributed by atoms with Gasteiger partial charge in [0.2, 0.25) is 5.78 Å². The molecule has 1 unspecified atom stereocenters. The van der Waals surface area contributed by atoms with E-state index in [1.54, 1.807) is 0 Å². The fourth-order valence-electron chi connectivity index (χ4n) is 3.78. The Kier molecular flexibility index (Phi) is 2.99. The number of nitrogens with zero attached hydrogens (tertiary/aromatic N) is 3. The molecule has 2 aliphatic rings. The summed E-state index contributed by atoms with van der Waals surface area (Å²) >= 11 is 0. The Labute approximate surface area is 129 Å². The summed E-state index contributed by atoms with van der Waals surface area (Å²) in [5, 5.41) is 11.7. The number of rotatable bonds is 3. The third-order valence-electron chi connectivity index (χ3n) is 5.10. The fourth-order valence-corrected chi connectivity index (χ4v) is 3.78. The van der Waals surface area contributed by atoms with Crippen LogP contribution in [0.2, 0.25) is 0 Å². The van der Waals surface area contributed by atoms with E-state index in [0.717, 1.165) is 29.6 Å². The number of ketones is 1. The molecule has 6 heteroatoms. The normalized spacial score (nSPS) is 27.7. The van der Waals surface area contributed by atoms with Gasteiger partial charge in [0, 0.05) is 43.8 Å². The van der Waals surface area contributed by atoms with E-state index in [1.807, 2.05) is 44.2 Å². The number of Topliss-reactive ketones (excluding diaryl/α,β-unsaturated/α-hetero) is 1. The van der Waals surface area contributed by atoms with Crippen LogP contribution in [0, 0.1) is 0 Å². The Morgan fingerprint density at radius 1 is 1.41 bits per heavy atom. The van der Waals surface area contributed by atoms with E-state index in [-0.39, 0.29) is 17.9 Å². The molecule has 2 aliphatic heterocycles. The Balaban J connectivity index is 1.74. The van der Waals surface area contributed by atoms with Crippen LogP contribution in [-0.4, -0.2) is 66.7 Å². The lowest BCUT2D eigenvalue weighted by atomic mass is 10.0. The molecule has 1 aromatic heterocycles. The third-order valence-corrected chi connectivity index (χ3v) is 5.10. The molecule has 6 nitrogen and oxygen atoms in total. The van der Waals surface area contributed by atoms with Gasteiger partial charge >= 0.3 is 0 Å². The summed E-state index contributed by atoms with van der Waals surface area (Å²) < 4.78 is 0. The van der Waals surface area contributed by atoms with E-state index < -0.39 is 0 Å². The Morgan fingerprint density at radius 3 is 2.91 bits per heavy atom. The molecule has 0 amide bonds. The number of likely N-dealkylation sites (tertiary alicyclic amines) is 1. The Bertz CT molecular complexity index is 735. The number of carbonyl (C=O) groups excluding carboxylic acids is 1. The first-order valence-corrected chi connectivity index (χ1v) is 7.71. The first-order chi connectivity index (χ1) is 10.6. The van der Waals surface area contributed by atoms with Gasteiger partial charge in [-0.2, -0.15) is 5.10 Å². The number of aromatic amines is 1. The maximum Gasteiger partial charge on any atom is 0.202 e. The molecular formula is C16H21N5O. The lowest BCUT2D eigenvalue weighted by molar-refractivity contribution is 0.0811. The highest BCUT2D eigenvalue weighted by atomic mass is 16.1. The first kappa shape index (κ1) is 13.7. The number of hydrogen-bond acceptors (Lipinski definition) is 5. The molecule has 0 aliphatic carbocycles. The van der Waals surface area contributed by atoms with Crippen molar-refractivity contribution < 1.29 is 4.79 Å². The maximum absolute atomic E-state index is 13.0. The molecule has 3 heterocycles. The zero-order valence-corrected chi connectivity index (χ0v) is 13.1. The van der Waals surface area contributed by atoms with Crippen LogP contribution in [0.5, 0.6) is 0 Å². The number of piperazine rings is 1. The third kappa shape index (κ3) is 1.87. The summed E-state index contributed by atoms with van der Waals surface area (Å²) in [6, 6.07) is 6.67. The average Bonchev–Trinajstić information content (AvgIpc) is 3.19. The lowest BCUT2D eigenvalue weighted by Gasteiger charge is -2.30. The monoisotopic (exact) mass is 299 g/mol. The molecule has 22 heavy (non-hydrogen) atoms. The Hall–Kier alpha value is -1.92. The zero-order chi connectivity index (χ0) is 15.4. The average molecular weight is 299 g/mol. The summed E-state index contributed by atoms with van der Waals surface area (Å²) in [4.78, 5) is 17.3. The quantitative estimate of drug-likeness (QED) is 0.823. The van der Waals surface area contributed by atoms with E-state index in [2.05, 4.69) is 20.4 Å². The minimum atomic E-state index is -0.103. The van der Waals surface area contributed by atoms with Crippen LogP contribution in [0.25, 0.3) is 10.9 Å². The van der Waals surface area contributed by atoms with E-state index >= 15 is 0 Å². The second-order valence-corrected chi connectivity index (χ2v) is 6.58. The van der Waals surface area contributed by atoms with Crippen LogP contribution in [0.4, 0.5) is 5.69 Å². The molecule has 4 rings (SSSR count). The summed E-state index contributed by atoms with van der Waals surface area (Å²) in [6.07, 6.45) is 1.05. The maximum atomic E-state index is 13.0. The van der Waals surface area contributed by atoms with Crippen LogP contribution in [-0.2, 0) is 0 Å². The van der Waals surface area contributed by atoms with Crippen LogP contribution < -0.4 is 10.2 Å². The summed E-state index contributed by atoms with van der Waals surface area (Å²) in [6.45, 7) is 0.983. The van der Waals surface area contributed by atoms with Crippen molar-refractivity contribution in [1.82, 2.24) is 20.4 Å². The van der Waals surface area contributed by atoms with Gasteiger partial charge in [0.1, 0.15) is 5.69 Å². The van der Waals surface area contributed by atoms with Crippen molar-refractivity contribution in [2.75, 3.05) is 32.6 Å². The number of anilines is 1. The molecule has 2 N–H and O–H groups in total. The van der Waals surface area contributed by atoms with Gasteiger partial charge in [-0.25, -0.2) is 0 Å². The van der Waals surface area contributed by atoms with Gasteiger partial charge in [0.25, 0.3) is 0 Å². The lowest BCUT2D eigenvalue weighted by Crippen LogP contribution is -2.53. The molecule has 116 valence electrons. The predicted molar refractivity (Wildman–Crippen MR) is 86.5 cm³/mol. The first-order valence-electron chi connectivity index (χ1n) is 7.71. The number of fused-ring (bicyclic) bond motifs is 3. The molecule has 0 radical (unpaired) electrons. The molecule has 0 saturated carbocycles. The van der Waals surface area contributed by atoms with Crippen molar-refractivity contribution in [3.05, 3.63) is 23.9 Å². The van der Waals surface area contributed by atoms with Gasteiger partial charge < -0.3 is 10.2 Å². The summed E-state index contributed by atoms with van der Waals surface area (Å²) in [5.41, 5.74) is 2.54. The number of hydrogen-bond donors (Lipinski definition) is 2. The van der Waals surface area contributed by atoms with Crippen LogP contribution in [0.1, 0.15) is 16.9 Å². The molecule has 2 aromatic rings. The second-order valence-electron chi connectivity index (χ2n) is 6.58. The van der Waals surface area contributed by atoms with Crippen molar-refractivity contribution in [3.8, 4) is 0 Å². The van der Waals surface area contributed by atoms with Crippen molar-refractivity contribution in [1.29, 1.82) is 0 Å². The number of aromatic nitrogens is 2. The van der Waals surface area contributed by atoms with Crippen LogP contribution >= 0.6 is 0 Å². The molecule has 2 bridgehead atoms. The highest BCUT2D eigenvalue weighted by Gasteiger charge is 2.48.